The highest BCUT2D eigenvalue weighted by Gasteiger charge is 2.29. The van der Waals surface area contributed by atoms with Crippen LogP contribution in [0.5, 0.6) is 0 Å². The molecule has 0 heterocycles. The molecule has 0 atom stereocenters. The number of allylic oxidation sites excluding steroid dienone is 1. The summed E-state index contributed by atoms with van der Waals surface area (Å²) in [5.41, 5.74) is -0.983. The standard InChI is InChI=1S/C5H6BF3O/c1-4(2-3-10-6)5(7,8)9/h2H,3H2,1H3/b4-2+/i2D. The molecule has 2 radical (unpaired) electrons. The Hall–Kier alpha value is -0.445. The minimum absolute atomic E-state index is 0.522. The number of halogens is 3. The van der Waals surface area contributed by atoms with Gasteiger partial charge < -0.3 is 4.65 Å². The van der Waals surface area contributed by atoms with Crippen molar-refractivity contribution in [3.63, 3.8) is 0 Å². The molecule has 0 unspecified atom stereocenters. The Morgan fingerprint density at radius 2 is 2.30 bits per heavy atom. The van der Waals surface area contributed by atoms with Crippen molar-refractivity contribution in [2.75, 3.05) is 6.61 Å². The molecule has 0 fully saturated rings. The Labute approximate surface area is 59.7 Å². The van der Waals surface area contributed by atoms with E-state index in [0.717, 1.165) is 6.92 Å². The summed E-state index contributed by atoms with van der Waals surface area (Å²) in [4.78, 5) is 0. The highest BCUT2D eigenvalue weighted by atomic mass is 19.4. The van der Waals surface area contributed by atoms with Gasteiger partial charge in [-0.15, -0.1) is 0 Å². The highest BCUT2D eigenvalue weighted by Crippen LogP contribution is 2.24. The van der Waals surface area contributed by atoms with Crippen molar-refractivity contribution < 1.29 is 19.2 Å². The molecule has 0 aromatic heterocycles. The SMILES string of the molecule is [2H]/C(CO[B])=C(/C)C(F)(F)F. The van der Waals surface area contributed by atoms with E-state index in [0.29, 0.717) is 0 Å². The van der Waals surface area contributed by atoms with Crippen molar-refractivity contribution in [1.29, 1.82) is 0 Å². The molecule has 1 nitrogen and oxygen atoms in total. The zero-order chi connectivity index (χ0) is 9.07. The molecule has 56 valence electrons. The van der Waals surface area contributed by atoms with Gasteiger partial charge in [-0.25, -0.2) is 0 Å². The van der Waals surface area contributed by atoms with Crippen molar-refractivity contribution in [2.24, 2.45) is 0 Å². The molecular formula is C5H6BF3O. The fourth-order valence-electron chi connectivity index (χ4n) is 0.250. The second-order valence-electron chi connectivity index (χ2n) is 1.61. The van der Waals surface area contributed by atoms with Crippen LogP contribution in [0.3, 0.4) is 0 Å². The third-order valence-corrected chi connectivity index (χ3v) is 0.846. The maximum atomic E-state index is 11.7. The van der Waals surface area contributed by atoms with E-state index in [1.54, 1.807) is 0 Å². The number of hydrogen-bond acceptors (Lipinski definition) is 1. The van der Waals surface area contributed by atoms with Gasteiger partial charge in [0.1, 0.15) is 0 Å². The van der Waals surface area contributed by atoms with Crippen molar-refractivity contribution in [3.8, 4) is 0 Å². The summed E-state index contributed by atoms with van der Waals surface area (Å²) in [5, 5.41) is 0. The van der Waals surface area contributed by atoms with Gasteiger partial charge in [0, 0.05) is 12.2 Å². The summed E-state index contributed by atoms with van der Waals surface area (Å²) >= 11 is 0. The van der Waals surface area contributed by atoms with Crippen LogP contribution in [0.1, 0.15) is 8.29 Å². The van der Waals surface area contributed by atoms with Crippen LogP contribution in [0.15, 0.2) is 11.6 Å². The lowest BCUT2D eigenvalue weighted by Crippen LogP contribution is -2.09. The molecule has 0 spiro atoms. The summed E-state index contributed by atoms with van der Waals surface area (Å²) in [5.74, 6) is 0. The Bertz CT molecular complexity index is 166. The van der Waals surface area contributed by atoms with Gasteiger partial charge in [-0.2, -0.15) is 13.2 Å². The predicted molar refractivity (Wildman–Crippen MR) is 31.5 cm³/mol. The molecule has 0 aromatic carbocycles. The smallest absolute Gasteiger partial charge is 0.412 e. The molecule has 10 heavy (non-hydrogen) atoms. The van der Waals surface area contributed by atoms with Gasteiger partial charge in [0.15, 0.2) is 0 Å². The number of hydrogen-bond donors (Lipinski definition) is 0. The van der Waals surface area contributed by atoms with E-state index in [-0.39, 0.29) is 0 Å². The van der Waals surface area contributed by atoms with Gasteiger partial charge >= 0.3 is 6.18 Å². The van der Waals surface area contributed by atoms with Crippen LogP contribution in [-0.4, -0.2) is 20.8 Å². The zero-order valence-electron chi connectivity index (χ0n) is 6.33. The van der Waals surface area contributed by atoms with Gasteiger partial charge in [-0.3, -0.25) is 0 Å². The Kier molecular flexibility index (Phi) is 2.80. The number of rotatable bonds is 2. The second-order valence-corrected chi connectivity index (χ2v) is 1.61. The topological polar surface area (TPSA) is 9.23 Å². The van der Waals surface area contributed by atoms with Crippen molar-refractivity contribution in [3.05, 3.63) is 11.6 Å². The van der Waals surface area contributed by atoms with Crippen molar-refractivity contribution in [1.82, 2.24) is 0 Å². The molecule has 0 aliphatic heterocycles. The van der Waals surface area contributed by atoms with Gasteiger partial charge in [0.05, 0.1) is 1.37 Å². The van der Waals surface area contributed by atoms with E-state index in [1.807, 2.05) is 0 Å². The van der Waals surface area contributed by atoms with Crippen LogP contribution in [0, 0.1) is 0 Å². The van der Waals surface area contributed by atoms with E-state index < -0.39 is 24.4 Å². The summed E-state index contributed by atoms with van der Waals surface area (Å²) in [7, 11) is 4.49. The van der Waals surface area contributed by atoms with Crippen LogP contribution in [-0.2, 0) is 4.65 Å². The third kappa shape index (κ3) is 3.56. The Balaban J connectivity index is 4.39. The first-order valence-electron chi connectivity index (χ1n) is 2.94. The molecule has 0 aromatic rings. The summed E-state index contributed by atoms with van der Waals surface area (Å²) in [6, 6.07) is -0.653. The Morgan fingerprint density at radius 1 is 1.80 bits per heavy atom. The van der Waals surface area contributed by atoms with Crippen molar-refractivity contribution >= 4 is 8.05 Å². The van der Waals surface area contributed by atoms with Gasteiger partial charge in [-0.05, 0) is 6.92 Å². The molecule has 0 saturated heterocycles. The number of alkyl halides is 3. The van der Waals surface area contributed by atoms with E-state index in [9.17, 15) is 13.2 Å². The lowest BCUT2D eigenvalue weighted by atomic mass is 10.3. The summed E-state index contributed by atoms with van der Waals surface area (Å²) in [6.45, 7) is 0.284. The summed E-state index contributed by atoms with van der Waals surface area (Å²) < 4.78 is 45.9. The largest absolute Gasteiger partial charge is 0.444 e. The molecule has 0 aliphatic rings. The van der Waals surface area contributed by atoms with Crippen LogP contribution in [0.25, 0.3) is 0 Å². The van der Waals surface area contributed by atoms with E-state index in [2.05, 4.69) is 12.7 Å². The third-order valence-electron chi connectivity index (χ3n) is 0.846. The van der Waals surface area contributed by atoms with E-state index in [4.69, 9.17) is 1.37 Å². The first-order chi connectivity index (χ1) is 4.89. The monoisotopic (exact) mass is 151 g/mol. The van der Waals surface area contributed by atoms with Crippen LogP contribution in [0.2, 0.25) is 0 Å². The van der Waals surface area contributed by atoms with Gasteiger partial charge in [-0.1, -0.05) is 6.05 Å². The lowest BCUT2D eigenvalue weighted by Gasteiger charge is -2.05. The van der Waals surface area contributed by atoms with Crippen molar-refractivity contribution in [2.45, 2.75) is 13.1 Å². The minimum atomic E-state index is -4.46. The van der Waals surface area contributed by atoms with Gasteiger partial charge in [0.25, 0.3) is 8.05 Å². The molecular weight excluding hydrogens is 144 g/mol. The normalized spacial score (nSPS) is 16.2. The second kappa shape index (κ2) is 3.66. The molecule has 0 bridgehead atoms. The van der Waals surface area contributed by atoms with E-state index in [1.165, 1.54) is 0 Å². The average Bonchev–Trinajstić information content (AvgIpc) is 1.85. The fraction of sp³-hybridized carbons (Fsp3) is 0.600. The van der Waals surface area contributed by atoms with E-state index >= 15 is 0 Å². The fourth-order valence-corrected chi connectivity index (χ4v) is 0.250. The molecule has 0 saturated carbocycles. The first-order valence-corrected chi connectivity index (χ1v) is 2.44. The van der Waals surface area contributed by atoms with Crippen LogP contribution < -0.4 is 0 Å². The van der Waals surface area contributed by atoms with Crippen LogP contribution >= 0.6 is 0 Å². The maximum Gasteiger partial charge on any atom is 0.412 e. The van der Waals surface area contributed by atoms with Crippen LogP contribution in [0.4, 0.5) is 13.2 Å². The molecule has 0 aliphatic carbocycles. The minimum Gasteiger partial charge on any atom is -0.444 e. The molecule has 5 heteroatoms. The highest BCUT2D eigenvalue weighted by molar-refractivity contribution is 5.98. The summed E-state index contributed by atoms with van der Waals surface area (Å²) in [6.07, 6.45) is -4.46. The predicted octanol–water partition coefficient (Wildman–Crippen LogP) is 1.60. The van der Waals surface area contributed by atoms with Gasteiger partial charge in [0.2, 0.25) is 0 Å². The maximum absolute atomic E-state index is 11.7. The molecule has 0 N–H and O–H groups in total. The Morgan fingerprint density at radius 3 is 2.60 bits per heavy atom. The lowest BCUT2D eigenvalue weighted by molar-refractivity contribution is -0.0917. The molecule has 0 amide bonds. The molecule has 0 rings (SSSR count). The first kappa shape index (κ1) is 7.66. The quantitative estimate of drug-likeness (QED) is 0.430. The average molecular weight is 151 g/mol. The zero-order valence-corrected chi connectivity index (χ0v) is 5.33.